The van der Waals surface area contributed by atoms with Gasteiger partial charge in [0.2, 0.25) is 0 Å². The summed E-state index contributed by atoms with van der Waals surface area (Å²) in [5, 5.41) is 2.98. The number of halogens is 3. The lowest BCUT2D eigenvalue weighted by atomic mass is 10.1. The van der Waals surface area contributed by atoms with Crippen LogP contribution in [-0.4, -0.2) is 0 Å². The molecule has 0 radical (unpaired) electrons. The molecule has 0 aromatic heterocycles. The summed E-state index contributed by atoms with van der Waals surface area (Å²) >= 11 is 0. The SMILES string of the molecule is CC(NCc1c(F)cccc1F)c1cccc(F)c1. The molecule has 0 fully saturated rings. The van der Waals surface area contributed by atoms with Gasteiger partial charge in [0.05, 0.1) is 0 Å². The van der Waals surface area contributed by atoms with Crippen LogP contribution in [0.3, 0.4) is 0 Å². The van der Waals surface area contributed by atoms with Gasteiger partial charge in [0.15, 0.2) is 0 Å². The van der Waals surface area contributed by atoms with E-state index in [9.17, 15) is 13.2 Å². The van der Waals surface area contributed by atoms with E-state index >= 15 is 0 Å². The standard InChI is InChI=1S/C15H14F3N/c1-10(11-4-2-5-12(16)8-11)19-9-13-14(17)6-3-7-15(13)18/h2-8,10,19H,9H2,1H3. The second-order valence-electron chi connectivity index (χ2n) is 4.36. The monoisotopic (exact) mass is 265 g/mol. The van der Waals surface area contributed by atoms with Crippen LogP contribution in [0.25, 0.3) is 0 Å². The van der Waals surface area contributed by atoms with E-state index in [4.69, 9.17) is 0 Å². The molecule has 0 aliphatic rings. The molecule has 100 valence electrons. The van der Waals surface area contributed by atoms with Gasteiger partial charge in [-0.2, -0.15) is 0 Å². The molecule has 4 heteroatoms. The minimum absolute atomic E-state index is 0.00856. The fourth-order valence-electron chi connectivity index (χ4n) is 1.85. The smallest absolute Gasteiger partial charge is 0.130 e. The molecule has 0 aliphatic heterocycles. The molecule has 19 heavy (non-hydrogen) atoms. The predicted molar refractivity (Wildman–Crippen MR) is 68.0 cm³/mol. The first-order valence-electron chi connectivity index (χ1n) is 5.99. The lowest BCUT2D eigenvalue weighted by Gasteiger charge is -2.15. The van der Waals surface area contributed by atoms with E-state index in [-0.39, 0.29) is 24.0 Å². The summed E-state index contributed by atoms with van der Waals surface area (Å²) in [7, 11) is 0. The van der Waals surface area contributed by atoms with E-state index in [1.165, 1.54) is 30.3 Å². The van der Waals surface area contributed by atoms with Gasteiger partial charge in [-0.15, -0.1) is 0 Å². The zero-order chi connectivity index (χ0) is 13.8. The zero-order valence-electron chi connectivity index (χ0n) is 10.5. The second-order valence-corrected chi connectivity index (χ2v) is 4.36. The number of hydrogen-bond donors (Lipinski definition) is 1. The Morgan fingerprint density at radius 2 is 1.63 bits per heavy atom. The summed E-state index contributed by atoms with van der Waals surface area (Å²) in [4.78, 5) is 0. The van der Waals surface area contributed by atoms with Crippen LogP contribution in [0.4, 0.5) is 13.2 Å². The molecule has 0 bridgehead atoms. The molecular weight excluding hydrogens is 251 g/mol. The van der Waals surface area contributed by atoms with E-state index in [1.807, 2.05) is 6.92 Å². The Morgan fingerprint density at radius 3 is 2.26 bits per heavy atom. The van der Waals surface area contributed by atoms with Crippen molar-refractivity contribution in [1.82, 2.24) is 5.32 Å². The zero-order valence-corrected chi connectivity index (χ0v) is 10.5. The molecular formula is C15H14F3N. The van der Waals surface area contributed by atoms with E-state index in [0.717, 1.165) is 5.56 Å². The molecule has 2 aromatic carbocycles. The Labute approximate surface area is 110 Å². The Balaban J connectivity index is 2.06. The van der Waals surface area contributed by atoms with Crippen molar-refractivity contribution in [3.05, 3.63) is 71.0 Å². The van der Waals surface area contributed by atoms with Crippen molar-refractivity contribution in [2.75, 3.05) is 0 Å². The quantitative estimate of drug-likeness (QED) is 0.882. The van der Waals surface area contributed by atoms with Crippen LogP contribution in [0.1, 0.15) is 24.1 Å². The highest BCUT2D eigenvalue weighted by molar-refractivity contribution is 5.22. The van der Waals surface area contributed by atoms with Crippen molar-refractivity contribution in [3.63, 3.8) is 0 Å². The van der Waals surface area contributed by atoms with Gasteiger partial charge in [0, 0.05) is 18.2 Å². The first-order valence-corrected chi connectivity index (χ1v) is 5.99. The van der Waals surface area contributed by atoms with Gasteiger partial charge in [-0.25, -0.2) is 13.2 Å². The predicted octanol–water partition coefficient (Wildman–Crippen LogP) is 3.95. The molecule has 0 spiro atoms. The third-order valence-electron chi connectivity index (χ3n) is 3.00. The number of nitrogens with one attached hydrogen (secondary N) is 1. The average molecular weight is 265 g/mol. The number of rotatable bonds is 4. The third kappa shape index (κ3) is 3.35. The molecule has 0 amide bonds. The lowest BCUT2D eigenvalue weighted by Crippen LogP contribution is -2.19. The van der Waals surface area contributed by atoms with E-state index in [2.05, 4.69) is 5.32 Å². The first kappa shape index (κ1) is 13.6. The first-order chi connectivity index (χ1) is 9.08. The number of hydrogen-bond acceptors (Lipinski definition) is 1. The topological polar surface area (TPSA) is 12.0 Å². The van der Waals surface area contributed by atoms with Crippen LogP contribution in [0.2, 0.25) is 0 Å². The van der Waals surface area contributed by atoms with Gasteiger partial charge in [0.25, 0.3) is 0 Å². The lowest BCUT2D eigenvalue weighted by molar-refractivity contribution is 0.507. The second kappa shape index (κ2) is 5.89. The molecule has 0 saturated carbocycles. The van der Waals surface area contributed by atoms with E-state index in [0.29, 0.717) is 0 Å². The molecule has 1 N–H and O–H groups in total. The fraction of sp³-hybridized carbons (Fsp3) is 0.200. The van der Waals surface area contributed by atoms with Gasteiger partial charge in [-0.05, 0) is 36.8 Å². The maximum absolute atomic E-state index is 13.4. The van der Waals surface area contributed by atoms with Crippen molar-refractivity contribution in [3.8, 4) is 0 Å². The van der Waals surface area contributed by atoms with Crippen LogP contribution in [0, 0.1) is 17.5 Å². The molecule has 2 aromatic rings. The Morgan fingerprint density at radius 1 is 1.00 bits per heavy atom. The van der Waals surface area contributed by atoms with Gasteiger partial charge < -0.3 is 5.32 Å². The van der Waals surface area contributed by atoms with Crippen molar-refractivity contribution < 1.29 is 13.2 Å². The Kier molecular flexibility index (Phi) is 4.22. The number of benzene rings is 2. The van der Waals surface area contributed by atoms with E-state index in [1.54, 1.807) is 12.1 Å². The minimum Gasteiger partial charge on any atom is -0.306 e. The average Bonchev–Trinajstić information content (AvgIpc) is 2.38. The highest BCUT2D eigenvalue weighted by Crippen LogP contribution is 2.16. The molecule has 1 atom stereocenters. The third-order valence-corrected chi connectivity index (χ3v) is 3.00. The largest absolute Gasteiger partial charge is 0.306 e. The Hall–Kier alpha value is -1.81. The Bertz CT molecular complexity index is 549. The van der Waals surface area contributed by atoms with Gasteiger partial charge in [0.1, 0.15) is 17.5 Å². The molecule has 0 saturated heterocycles. The fourth-order valence-corrected chi connectivity index (χ4v) is 1.85. The van der Waals surface area contributed by atoms with Crippen LogP contribution in [-0.2, 0) is 6.54 Å². The normalized spacial score (nSPS) is 12.4. The summed E-state index contributed by atoms with van der Waals surface area (Å²) in [6, 6.07) is 9.67. The maximum Gasteiger partial charge on any atom is 0.130 e. The highest BCUT2D eigenvalue weighted by atomic mass is 19.1. The molecule has 0 aliphatic carbocycles. The van der Waals surface area contributed by atoms with Crippen molar-refractivity contribution in [2.24, 2.45) is 0 Å². The van der Waals surface area contributed by atoms with Crippen molar-refractivity contribution in [1.29, 1.82) is 0 Å². The molecule has 2 rings (SSSR count). The van der Waals surface area contributed by atoms with Crippen molar-refractivity contribution >= 4 is 0 Å². The highest BCUT2D eigenvalue weighted by Gasteiger charge is 2.11. The summed E-state index contributed by atoms with van der Waals surface area (Å²) < 4.78 is 39.9. The van der Waals surface area contributed by atoms with Gasteiger partial charge in [-0.1, -0.05) is 18.2 Å². The van der Waals surface area contributed by atoms with E-state index < -0.39 is 11.6 Å². The molecule has 0 heterocycles. The van der Waals surface area contributed by atoms with Crippen LogP contribution in [0.15, 0.2) is 42.5 Å². The molecule has 1 unspecified atom stereocenters. The van der Waals surface area contributed by atoms with Crippen molar-refractivity contribution in [2.45, 2.75) is 19.5 Å². The summed E-state index contributed by atoms with van der Waals surface area (Å²) in [6.45, 7) is 1.86. The van der Waals surface area contributed by atoms with Crippen LogP contribution in [0.5, 0.6) is 0 Å². The summed E-state index contributed by atoms with van der Waals surface area (Å²) in [6.07, 6.45) is 0. The van der Waals surface area contributed by atoms with Gasteiger partial charge >= 0.3 is 0 Å². The minimum atomic E-state index is -0.584. The van der Waals surface area contributed by atoms with Gasteiger partial charge in [-0.3, -0.25) is 0 Å². The summed E-state index contributed by atoms with van der Waals surface area (Å²) in [5.74, 6) is -1.50. The van der Waals surface area contributed by atoms with Crippen LogP contribution < -0.4 is 5.32 Å². The maximum atomic E-state index is 13.4. The molecule has 1 nitrogen and oxygen atoms in total. The van der Waals surface area contributed by atoms with Crippen LogP contribution >= 0.6 is 0 Å². The summed E-state index contributed by atoms with van der Waals surface area (Å²) in [5.41, 5.74) is 0.725.